The number of hydrogen-bond donors (Lipinski definition) is 1. The molecule has 2 atom stereocenters. The molecule has 24 heavy (non-hydrogen) atoms. The maximum atomic E-state index is 10.9. The van der Waals surface area contributed by atoms with Gasteiger partial charge in [-0.3, -0.25) is 14.6 Å². The van der Waals surface area contributed by atoms with Gasteiger partial charge in [0.05, 0.1) is 12.6 Å². The molecule has 0 aliphatic carbocycles. The largest absolute Gasteiger partial charge is 0.480 e. The van der Waals surface area contributed by atoms with Gasteiger partial charge >= 0.3 is 5.97 Å². The molecular formula is C17H30N4O3. The minimum absolute atomic E-state index is 0.102. The highest BCUT2D eigenvalue weighted by Crippen LogP contribution is 2.24. The van der Waals surface area contributed by atoms with Crippen LogP contribution in [0.25, 0.3) is 0 Å². The van der Waals surface area contributed by atoms with Crippen LogP contribution in [0, 0.1) is 0 Å². The summed E-state index contributed by atoms with van der Waals surface area (Å²) < 4.78 is 5.45. The Morgan fingerprint density at radius 2 is 2.25 bits per heavy atom. The third-order valence-corrected chi connectivity index (χ3v) is 4.88. The molecule has 1 aromatic rings. The Kier molecular flexibility index (Phi) is 7.17. The topological polar surface area (TPSA) is 82.7 Å². The lowest BCUT2D eigenvalue weighted by Gasteiger charge is -2.27. The zero-order valence-electron chi connectivity index (χ0n) is 15.1. The standard InChI is InChI=1S/C17H30N4O3/c1-4-5-8-15-18-17(24-19-15)13(2)21-10-6-7-14(9-11-21)20(3)12-16(22)23/h13-14H,4-12H2,1-3H3,(H,22,23). The molecule has 0 amide bonds. The molecule has 1 aliphatic rings. The summed E-state index contributed by atoms with van der Waals surface area (Å²) in [6.45, 7) is 6.26. The van der Waals surface area contributed by atoms with Crippen LogP contribution >= 0.6 is 0 Å². The minimum atomic E-state index is -0.766. The Hall–Kier alpha value is -1.47. The van der Waals surface area contributed by atoms with E-state index in [9.17, 15) is 4.79 Å². The van der Waals surface area contributed by atoms with Gasteiger partial charge in [0.2, 0.25) is 5.89 Å². The predicted octanol–water partition coefficient (Wildman–Crippen LogP) is 2.34. The number of likely N-dealkylation sites (tertiary alicyclic amines) is 1. The fourth-order valence-electron chi connectivity index (χ4n) is 3.30. The zero-order valence-corrected chi connectivity index (χ0v) is 15.1. The molecule has 1 N–H and O–H groups in total. The summed E-state index contributed by atoms with van der Waals surface area (Å²) in [4.78, 5) is 19.8. The second kappa shape index (κ2) is 9.13. The van der Waals surface area contributed by atoms with Crippen molar-refractivity contribution in [2.24, 2.45) is 0 Å². The summed E-state index contributed by atoms with van der Waals surface area (Å²) in [7, 11) is 1.90. The van der Waals surface area contributed by atoms with E-state index in [0.29, 0.717) is 11.9 Å². The number of aryl methyl sites for hydroxylation is 1. The molecule has 7 heteroatoms. The monoisotopic (exact) mass is 338 g/mol. The van der Waals surface area contributed by atoms with Crippen molar-refractivity contribution in [2.75, 3.05) is 26.7 Å². The highest BCUT2D eigenvalue weighted by molar-refractivity contribution is 5.69. The van der Waals surface area contributed by atoms with E-state index in [1.807, 2.05) is 11.9 Å². The Balaban J connectivity index is 1.90. The summed E-state index contributed by atoms with van der Waals surface area (Å²) in [5.41, 5.74) is 0. The number of hydrogen-bond acceptors (Lipinski definition) is 6. The van der Waals surface area contributed by atoms with Crippen LogP contribution in [0.4, 0.5) is 0 Å². The molecule has 0 spiro atoms. The summed E-state index contributed by atoms with van der Waals surface area (Å²) in [6, 6.07) is 0.428. The van der Waals surface area contributed by atoms with E-state index in [2.05, 4.69) is 28.9 Å². The van der Waals surface area contributed by atoms with Crippen LogP contribution in [0.3, 0.4) is 0 Å². The van der Waals surface area contributed by atoms with Crippen LogP contribution in [0.5, 0.6) is 0 Å². The molecule has 7 nitrogen and oxygen atoms in total. The molecular weight excluding hydrogens is 308 g/mol. The lowest BCUT2D eigenvalue weighted by atomic mass is 10.1. The van der Waals surface area contributed by atoms with Crippen molar-refractivity contribution >= 4 is 5.97 Å². The maximum Gasteiger partial charge on any atom is 0.317 e. The van der Waals surface area contributed by atoms with Gasteiger partial charge in [-0.2, -0.15) is 4.98 Å². The van der Waals surface area contributed by atoms with Crippen molar-refractivity contribution in [3.8, 4) is 0 Å². The number of unbranched alkanes of at least 4 members (excludes halogenated alkanes) is 1. The molecule has 2 rings (SSSR count). The number of likely N-dealkylation sites (N-methyl/N-ethyl adjacent to an activating group) is 1. The van der Waals surface area contributed by atoms with Crippen molar-refractivity contribution < 1.29 is 14.4 Å². The zero-order chi connectivity index (χ0) is 17.5. The van der Waals surface area contributed by atoms with E-state index >= 15 is 0 Å². The molecule has 2 heterocycles. The Bertz CT molecular complexity index is 520. The molecule has 1 aromatic heterocycles. The van der Waals surface area contributed by atoms with Crippen LogP contribution in [0.1, 0.15) is 63.7 Å². The lowest BCUT2D eigenvalue weighted by molar-refractivity contribution is -0.138. The summed E-state index contributed by atoms with van der Waals surface area (Å²) in [5.74, 6) is 0.725. The summed E-state index contributed by atoms with van der Waals surface area (Å²) >= 11 is 0. The fourth-order valence-corrected chi connectivity index (χ4v) is 3.30. The average molecular weight is 338 g/mol. The van der Waals surface area contributed by atoms with Crippen molar-refractivity contribution in [3.63, 3.8) is 0 Å². The molecule has 0 bridgehead atoms. The predicted molar refractivity (Wildman–Crippen MR) is 90.8 cm³/mol. The number of rotatable bonds is 8. The molecule has 1 saturated heterocycles. The molecule has 0 aromatic carbocycles. The first-order valence-corrected chi connectivity index (χ1v) is 8.99. The maximum absolute atomic E-state index is 10.9. The van der Waals surface area contributed by atoms with Gasteiger partial charge in [-0.25, -0.2) is 0 Å². The third kappa shape index (κ3) is 5.27. The van der Waals surface area contributed by atoms with E-state index in [-0.39, 0.29) is 12.6 Å². The van der Waals surface area contributed by atoms with Gasteiger partial charge in [-0.15, -0.1) is 0 Å². The Morgan fingerprint density at radius 1 is 1.46 bits per heavy atom. The van der Waals surface area contributed by atoms with Gasteiger partial charge in [-0.1, -0.05) is 18.5 Å². The van der Waals surface area contributed by atoms with Gasteiger partial charge in [-0.05, 0) is 46.2 Å². The number of carboxylic acids is 1. The van der Waals surface area contributed by atoms with Crippen LogP contribution in [0.2, 0.25) is 0 Å². The SMILES string of the molecule is CCCCc1noc(C(C)N2CCCC(N(C)CC(=O)O)CC2)n1. The lowest BCUT2D eigenvalue weighted by Crippen LogP contribution is -2.36. The van der Waals surface area contributed by atoms with Crippen LogP contribution in [0.15, 0.2) is 4.52 Å². The molecule has 1 fully saturated rings. The number of carbonyl (C=O) groups is 1. The number of carboxylic acid groups (broad SMARTS) is 1. The van der Waals surface area contributed by atoms with Crippen molar-refractivity contribution in [3.05, 3.63) is 11.7 Å². The van der Waals surface area contributed by atoms with E-state index in [0.717, 1.165) is 57.4 Å². The van der Waals surface area contributed by atoms with Crippen molar-refractivity contribution in [2.45, 2.75) is 64.5 Å². The summed E-state index contributed by atoms with van der Waals surface area (Å²) in [5, 5.41) is 13.0. The minimum Gasteiger partial charge on any atom is -0.480 e. The van der Waals surface area contributed by atoms with E-state index in [1.54, 1.807) is 0 Å². The van der Waals surface area contributed by atoms with E-state index in [1.165, 1.54) is 0 Å². The molecule has 0 radical (unpaired) electrons. The van der Waals surface area contributed by atoms with E-state index in [4.69, 9.17) is 9.63 Å². The highest BCUT2D eigenvalue weighted by Gasteiger charge is 2.27. The quantitative estimate of drug-likeness (QED) is 0.779. The van der Waals surface area contributed by atoms with Gasteiger partial charge in [0.1, 0.15) is 0 Å². The molecule has 136 valence electrons. The number of nitrogens with zero attached hydrogens (tertiary/aromatic N) is 4. The number of aliphatic carboxylic acids is 1. The highest BCUT2D eigenvalue weighted by atomic mass is 16.5. The molecule has 2 unspecified atom stereocenters. The van der Waals surface area contributed by atoms with Gasteiger partial charge in [0.15, 0.2) is 5.82 Å². The Labute approximate surface area is 144 Å². The smallest absolute Gasteiger partial charge is 0.317 e. The van der Waals surface area contributed by atoms with Gasteiger partial charge < -0.3 is 9.63 Å². The normalized spacial score (nSPS) is 20.9. The number of aromatic nitrogens is 2. The van der Waals surface area contributed by atoms with Gasteiger partial charge in [0.25, 0.3) is 0 Å². The summed E-state index contributed by atoms with van der Waals surface area (Å²) in [6.07, 6.45) is 6.11. The fraction of sp³-hybridized carbons (Fsp3) is 0.824. The average Bonchev–Trinajstić information content (AvgIpc) is 2.87. The second-order valence-electron chi connectivity index (χ2n) is 6.76. The van der Waals surface area contributed by atoms with Crippen LogP contribution in [-0.2, 0) is 11.2 Å². The van der Waals surface area contributed by atoms with Crippen LogP contribution in [-0.4, -0.2) is 63.7 Å². The third-order valence-electron chi connectivity index (χ3n) is 4.88. The van der Waals surface area contributed by atoms with Crippen molar-refractivity contribution in [1.29, 1.82) is 0 Å². The van der Waals surface area contributed by atoms with E-state index < -0.39 is 5.97 Å². The first-order chi connectivity index (χ1) is 11.5. The molecule has 1 aliphatic heterocycles. The van der Waals surface area contributed by atoms with Crippen LogP contribution < -0.4 is 0 Å². The molecule has 0 saturated carbocycles. The van der Waals surface area contributed by atoms with Crippen molar-refractivity contribution in [1.82, 2.24) is 19.9 Å². The first kappa shape index (κ1) is 18.9. The second-order valence-corrected chi connectivity index (χ2v) is 6.76. The Morgan fingerprint density at radius 3 is 2.96 bits per heavy atom. The first-order valence-electron chi connectivity index (χ1n) is 8.99. The van der Waals surface area contributed by atoms with Gasteiger partial charge in [0, 0.05) is 19.0 Å².